The summed E-state index contributed by atoms with van der Waals surface area (Å²) in [4.78, 5) is 14.5. The van der Waals surface area contributed by atoms with Crippen LogP contribution < -0.4 is 0 Å². The molecule has 0 fully saturated rings. The van der Waals surface area contributed by atoms with Crippen molar-refractivity contribution in [3.8, 4) is 6.07 Å². The van der Waals surface area contributed by atoms with Crippen LogP contribution >= 0.6 is 0 Å². The van der Waals surface area contributed by atoms with Crippen molar-refractivity contribution in [3.05, 3.63) is 65.0 Å². The van der Waals surface area contributed by atoms with Crippen molar-refractivity contribution in [2.24, 2.45) is 0 Å². The van der Waals surface area contributed by atoms with Crippen LogP contribution in [0.15, 0.2) is 42.5 Å². The van der Waals surface area contributed by atoms with Crippen molar-refractivity contribution >= 4 is 16.7 Å². The Morgan fingerprint density at radius 2 is 1.93 bits per heavy atom. The molecule has 1 heterocycles. The van der Waals surface area contributed by atoms with Gasteiger partial charge in [-0.05, 0) is 42.2 Å². The number of carbonyl (C=O) groups is 1. The maximum atomic E-state index is 12.7. The summed E-state index contributed by atoms with van der Waals surface area (Å²) in [6.45, 7) is 5.17. The van der Waals surface area contributed by atoms with Gasteiger partial charge in [-0.25, -0.2) is 0 Å². The van der Waals surface area contributed by atoms with Crippen LogP contribution in [0.25, 0.3) is 10.8 Å². The first kappa shape index (κ1) is 19.6. The molecule has 0 spiro atoms. The fraction of sp³-hybridized carbons (Fsp3) is 0.348. The molecule has 0 saturated heterocycles. The minimum absolute atomic E-state index is 0.122. The largest absolute Gasteiger partial charge is 0.341 e. The molecule has 1 amide bonds. The topological polar surface area (TPSA) is 61.9 Å². The third-order valence-corrected chi connectivity index (χ3v) is 5.27. The predicted octanol–water partition coefficient (Wildman–Crippen LogP) is 4.16. The van der Waals surface area contributed by atoms with E-state index in [4.69, 9.17) is 5.26 Å². The number of benzene rings is 2. The average Bonchev–Trinajstić information content (AvgIpc) is 2.97. The van der Waals surface area contributed by atoms with Gasteiger partial charge >= 0.3 is 0 Å². The Hall–Kier alpha value is -3.13. The molecule has 144 valence electrons. The molecule has 3 rings (SSSR count). The Morgan fingerprint density at radius 3 is 2.71 bits per heavy atom. The molecule has 1 aromatic heterocycles. The third kappa shape index (κ3) is 4.23. The number of aromatic nitrogens is 2. The molecule has 0 bridgehead atoms. The zero-order valence-electron chi connectivity index (χ0n) is 16.8. The first-order valence-corrected chi connectivity index (χ1v) is 9.61. The molecule has 28 heavy (non-hydrogen) atoms. The van der Waals surface area contributed by atoms with Gasteiger partial charge in [0.15, 0.2) is 0 Å². The Balaban J connectivity index is 1.65. The van der Waals surface area contributed by atoms with Gasteiger partial charge in [0.1, 0.15) is 0 Å². The van der Waals surface area contributed by atoms with E-state index >= 15 is 0 Å². The van der Waals surface area contributed by atoms with E-state index in [-0.39, 0.29) is 5.91 Å². The molecule has 5 heteroatoms. The molecular formula is C23H26N4O. The van der Waals surface area contributed by atoms with Crippen LogP contribution in [0.1, 0.15) is 35.4 Å². The maximum absolute atomic E-state index is 12.7. The van der Waals surface area contributed by atoms with Gasteiger partial charge in [0.25, 0.3) is 0 Å². The van der Waals surface area contributed by atoms with Gasteiger partial charge in [-0.15, -0.1) is 0 Å². The van der Waals surface area contributed by atoms with E-state index in [9.17, 15) is 4.79 Å². The van der Waals surface area contributed by atoms with Crippen LogP contribution in [0.3, 0.4) is 0 Å². The lowest BCUT2D eigenvalue weighted by Gasteiger charge is -2.18. The molecule has 2 aromatic carbocycles. The molecule has 0 radical (unpaired) electrons. The molecule has 3 aromatic rings. The summed E-state index contributed by atoms with van der Waals surface area (Å²) in [6, 6.07) is 16.6. The van der Waals surface area contributed by atoms with Crippen molar-refractivity contribution in [1.82, 2.24) is 14.7 Å². The van der Waals surface area contributed by atoms with Crippen molar-refractivity contribution in [3.63, 3.8) is 0 Å². The van der Waals surface area contributed by atoms with E-state index in [1.165, 1.54) is 10.8 Å². The van der Waals surface area contributed by atoms with E-state index in [0.717, 1.165) is 22.5 Å². The summed E-state index contributed by atoms with van der Waals surface area (Å²) in [6.07, 6.45) is 1.56. The van der Waals surface area contributed by atoms with Gasteiger partial charge in [0.05, 0.1) is 24.7 Å². The molecule has 0 aliphatic heterocycles. The first-order chi connectivity index (χ1) is 13.5. The van der Waals surface area contributed by atoms with Gasteiger partial charge < -0.3 is 4.90 Å². The number of nitriles is 1. The number of fused-ring (bicyclic) bond motifs is 1. The minimum Gasteiger partial charge on any atom is -0.341 e. The van der Waals surface area contributed by atoms with Crippen LogP contribution in [-0.2, 0) is 24.3 Å². The predicted molar refractivity (Wildman–Crippen MR) is 111 cm³/mol. The summed E-state index contributed by atoms with van der Waals surface area (Å²) in [5, 5.41) is 15.7. The van der Waals surface area contributed by atoms with Crippen LogP contribution in [0.4, 0.5) is 0 Å². The normalized spacial score (nSPS) is 10.8. The van der Waals surface area contributed by atoms with Crippen LogP contribution in [0, 0.1) is 25.2 Å². The van der Waals surface area contributed by atoms with Crippen molar-refractivity contribution in [1.29, 1.82) is 5.26 Å². The molecule has 0 aliphatic carbocycles. The van der Waals surface area contributed by atoms with Gasteiger partial charge in [0.2, 0.25) is 5.91 Å². The van der Waals surface area contributed by atoms with Crippen molar-refractivity contribution < 1.29 is 4.79 Å². The summed E-state index contributed by atoms with van der Waals surface area (Å²) >= 11 is 0. The Morgan fingerprint density at radius 1 is 1.18 bits per heavy atom. The maximum Gasteiger partial charge on any atom is 0.222 e. The van der Waals surface area contributed by atoms with Crippen molar-refractivity contribution in [2.45, 2.75) is 46.2 Å². The van der Waals surface area contributed by atoms with Gasteiger partial charge in [0, 0.05) is 25.7 Å². The molecule has 5 nitrogen and oxygen atoms in total. The Kier molecular flexibility index (Phi) is 6.10. The van der Waals surface area contributed by atoms with Crippen molar-refractivity contribution in [2.75, 3.05) is 7.05 Å². The number of carbonyl (C=O) groups excluding carboxylic acids is 1. The quantitative estimate of drug-likeness (QED) is 0.624. The second kappa shape index (κ2) is 8.71. The number of rotatable bonds is 7. The highest BCUT2D eigenvalue weighted by atomic mass is 16.2. The first-order valence-electron chi connectivity index (χ1n) is 9.61. The SMILES string of the molecule is Cc1nn(CCC#N)c(C)c1CCC(=O)N(C)Cc1cccc2ccccc12. The summed E-state index contributed by atoms with van der Waals surface area (Å²) in [5.74, 6) is 0.122. The Bertz CT molecular complexity index is 1020. The molecular weight excluding hydrogens is 348 g/mol. The number of aryl methyl sites for hydroxylation is 2. The lowest BCUT2D eigenvalue weighted by atomic mass is 10.0. The van der Waals surface area contributed by atoms with Crippen LogP contribution in [0.5, 0.6) is 0 Å². The summed E-state index contributed by atoms with van der Waals surface area (Å²) < 4.78 is 1.87. The highest BCUT2D eigenvalue weighted by molar-refractivity contribution is 5.86. The zero-order chi connectivity index (χ0) is 20.1. The second-order valence-corrected chi connectivity index (χ2v) is 7.17. The van der Waals surface area contributed by atoms with Gasteiger partial charge in [-0.1, -0.05) is 42.5 Å². The fourth-order valence-corrected chi connectivity index (χ4v) is 3.67. The standard InChI is InChI=1S/C23H26N4O/c1-17-21(18(2)27(25-17)15-7-14-24)12-13-23(28)26(3)16-20-10-6-9-19-8-4-5-11-22(19)20/h4-6,8-11H,7,12-13,15-16H2,1-3H3. The zero-order valence-corrected chi connectivity index (χ0v) is 16.8. The van der Waals surface area contributed by atoms with E-state index < -0.39 is 0 Å². The van der Waals surface area contributed by atoms with Gasteiger partial charge in [-0.2, -0.15) is 10.4 Å². The summed E-state index contributed by atoms with van der Waals surface area (Å²) in [7, 11) is 1.86. The smallest absolute Gasteiger partial charge is 0.222 e. The highest BCUT2D eigenvalue weighted by Crippen LogP contribution is 2.20. The minimum atomic E-state index is 0.122. The van der Waals surface area contributed by atoms with E-state index in [0.29, 0.717) is 32.4 Å². The average molecular weight is 374 g/mol. The second-order valence-electron chi connectivity index (χ2n) is 7.17. The number of hydrogen-bond donors (Lipinski definition) is 0. The number of amides is 1. The van der Waals surface area contributed by atoms with E-state index in [2.05, 4.69) is 35.4 Å². The lowest BCUT2D eigenvalue weighted by Crippen LogP contribution is -2.26. The molecule has 0 unspecified atom stereocenters. The third-order valence-electron chi connectivity index (χ3n) is 5.27. The van der Waals surface area contributed by atoms with Crippen LogP contribution in [-0.4, -0.2) is 27.6 Å². The Labute approximate surface area is 166 Å². The molecule has 0 N–H and O–H groups in total. The van der Waals surface area contributed by atoms with Gasteiger partial charge in [-0.3, -0.25) is 9.48 Å². The number of hydrogen-bond acceptors (Lipinski definition) is 3. The van der Waals surface area contributed by atoms with E-state index in [1.54, 1.807) is 4.90 Å². The molecule has 0 saturated carbocycles. The molecule has 0 atom stereocenters. The fourth-order valence-electron chi connectivity index (χ4n) is 3.67. The van der Waals surface area contributed by atoms with E-state index in [1.807, 2.05) is 43.8 Å². The highest BCUT2D eigenvalue weighted by Gasteiger charge is 2.15. The molecule has 0 aliphatic rings. The van der Waals surface area contributed by atoms with Crippen LogP contribution in [0.2, 0.25) is 0 Å². The number of nitrogens with zero attached hydrogens (tertiary/aromatic N) is 4. The lowest BCUT2D eigenvalue weighted by molar-refractivity contribution is -0.130. The summed E-state index contributed by atoms with van der Waals surface area (Å²) in [5.41, 5.74) is 4.27. The monoisotopic (exact) mass is 374 g/mol.